The Bertz CT molecular complexity index is 619. The minimum Gasteiger partial charge on any atom is -0.396 e. The highest BCUT2D eigenvalue weighted by Gasteiger charge is 2.36. The van der Waals surface area contributed by atoms with E-state index < -0.39 is 26.6 Å². The van der Waals surface area contributed by atoms with Crippen molar-refractivity contribution in [2.75, 3.05) is 12.3 Å². The van der Waals surface area contributed by atoms with Crippen LogP contribution in [0.15, 0.2) is 17.0 Å². The molecule has 1 aromatic carbocycles. The molecule has 4 nitrogen and oxygen atoms in total. The summed E-state index contributed by atoms with van der Waals surface area (Å²) in [6, 6.07) is 1.14. The van der Waals surface area contributed by atoms with Gasteiger partial charge in [0.05, 0.1) is 5.69 Å². The van der Waals surface area contributed by atoms with Crippen LogP contribution in [-0.2, 0) is 10.0 Å². The molecule has 20 heavy (non-hydrogen) atoms. The molecule has 0 bridgehead atoms. The molecule has 1 aliphatic heterocycles. The van der Waals surface area contributed by atoms with E-state index in [9.17, 15) is 17.2 Å². The molecule has 2 atom stereocenters. The van der Waals surface area contributed by atoms with Crippen LogP contribution in [0.4, 0.5) is 14.5 Å². The summed E-state index contributed by atoms with van der Waals surface area (Å²) in [6.45, 7) is 4.10. The summed E-state index contributed by atoms with van der Waals surface area (Å²) in [5.74, 6) is -1.87. The topological polar surface area (TPSA) is 63.4 Å². The molecule has 1 heterocycles. The van der Waals surface area contributed by atoms with Gasteiger partial charge in [0, 0.05) is 18.7 Å². The highest BCUT2D eigenvalue weighted by Crippen LogP contribution is 2.31. The molecule has 1 fully saturated rings. The summed E-state index contributed by atoms with van der Waals surface area (Å²) in [4.78, 5) is -0.558. The molecule has 0 radical (unpaired) electrons. The predicted molar refractivity (Wildman–Crippen MR) is 72.5 cm³/mol. The summed E-state index contributed by atoms with van der Waals surface area (Å²) in [7, 11) is -4.00. The quantitative estimate of drug-likeness (QED) is 0.853. The number of rotatable bonds is 2. The summed E-state index contributed by atoms with van der Waals surface area (Å²) in [5, 5.41) is 0. The number of hydrogen-bond donors (Lipinski definition) is 1. The van der Waals surface area contributed by atoms with Gasteiger partial charge in [0.25, 0.3) is 0 Å². The van der Waals surface area contributed by atoms with Crippen LogP contribution in [0.5, 0.6) is 0 Å². The van der Waals surface area contributed by atoms with Gasteiger partial charge in [-0.3, -0.25) is 0 Å². The van der Waals surface area contributed by atoms with Gasteiger partial charge in [-0.15, -0.1) is 0 Å². The third-order valence-corrected chi connectivity index (χ3v) is 5.95. The maximum absolute atomic E-state index is 13.8. The molecule has 2 rings (SSSR count). The number of benzene rings is 1. The first-order chi connectivity index (χ1) is 9.25. The van der Waals surface area contributed by atoms with Gasteiger partial charge >= 0.3 is 0 Å². The van der Waals surface area contributed by atoms with Crippen LogP contribution in [0.25, 0.3) is 0 Å². The van der Waals surface area contributed by atoms with E-state index in [4.69, 9.17) is 5.73 Å². The molecular formula is C13H18F2N2O2S. The fourth-order valence-electron chi connectivity index (χ4n) is 2.51. The third-order valence-electron chi connectivity index (χ3n) is 3.95. The van der Waals surface area contributed by atoms with Crippen molar-refractivity contribution in [1.82, 2.24) is 4.31 Å². The van der Waals surface area contributed by atoms with Crippen molar-refractivity contribution in [2.45, 2.75) is 37.6 Å². The number of anilines is 1. The lowest BCUT2D eigenvalue weighted by molar-refractivity contribution is 0.202. The zero-order chi connectivity index (χ0) is 15.1. The Balaban J connectivity index is 2.47. The number of nitrogens with two attached hydrogens (primary N) is 1. The molecule has 112 valence electrons. The Labute approximate surface area is 117 Å². The Hall–Kier alpha value is -1.21. The van der Waals surface area contributed by atoms with E-state index in [0.717, 1.165) is 18.9 Å². The lowest BCUT2D eigenvalue weighted by Crippen LogP contribution is -2.46. The van der Waals surface area contributed by atoms with Crippen LogP contribution in [-0.4, -0.2) is 25.3 Å². The maximum Gasteiger partial charge on any atom is 0.246 e. The summed E-state index contributed by atoms with van der Waals surface area (Å²) < 4.78 is 53.3. The van der Waals surface area contributed by atoms with Crippen molar-refractivity contribution in [2.24, 2.45) is 5.92 Å². The van der Waals surface area contributed by atoms with Crippen molar-refractivity contribution in [3.8, 4) is 0 Å². The average molecular weight is 304 g/mol. The molecular weight excluding hydrogens is 286 g/mol. The van der Waals surface area contributed by atoms with Crippen molar-refractivity contribution in [3.05, 3.63) is 23.8 Å². The van der Waals surface area contributed by atoms with Crippen LogP contribution in [0, 0.1) is 17.6 Å². The molecule has 1 saturated heterocycles. The second kappa shape index (κ2) is 5.29. The van der Waals surface area contributed by atoms with Crippen LogP contribution < -0.4 is 5.73 Å². The van der Waals surface area contributed by atoms with E-state index >= 15 is 0 Å². The largest absolute Gasteiger partial charge is 0.396 e. The first-order valence-corrected chi connectivity index (χ1v) is 7.95. The molecule has 1 aliphatic rings. The second-order valence-corrected chi connectivity index (χ2v) is 7.14. The lowest BCUT2D eigenvalue weighted by atomic mass is 9.94. The predicted octanol–water partition coefficient (Wildman–Crippen LogP) is 2.36. The van der Waals surface area contributed by atoms with Gasteiger partial charge in [-0.05, 0) is 31.7 Å². The monoisotopic (exact) mass is 304 g/mol. The molecule has 0 aromatic heterocycles. The highest BCUT2D eigenvalue weighted by atomic mass is 32.2. The van der Waals surface area contributed by atoms with Crippen LogP contribution in [0.2, 0.25) is 0 Å². The van der Waals surface area contributed by atoms with E-state index in [2.05, 4.69) is 0 Å². The van der Waals surface area contributed by atoms with E-state index in [1.807, 2.05) is 6.92 Å². The molecule has 0 amide bonds. The number of nitrogen functional groups attached to an aromatic ring is 1. The van der Waals surface area contributed by atoms with Crippen molar-refractivity contribution < 1.29 is 17.2 Å². The first-order valence-electron chi connectivity index (χ1n) is 6.51. The minimum absolute atomic E-state index is 0.194. The normalized spacial score (nSPS) is 24.8. The number of halogens is 2. The minimum atomic E-state index is -4.00. The van der Waals surface area contributed by atoms with E-state index in [1.165, 1.54) is 4.31 Å². The number of sulfonamides is 1. The van der Waals surface area contributed by atoms with Gasteiger partial charge in [-0.2, -0.15) is 4.31 Å². The summed E-state index contributed by atoms with van der Waals surface area (Å²) in [5.41, 5.74) is 4.98. The molecule has 0 saturated carbocycles. The number of piperidine rings is 1. The lowest BCUT2D eigenvalue weighted by Gasteiger charge is -2.36. The average Bonchev–Trinajstić information content (AvgIpc) is 2.36. The second-order valence-electron chi connectivity index (χ2n) is 5.28. The van der Waals surface area contributed by atoms with Crippen molar-refractivity contribution >= 4 is 15.7 Å². The number of nitrogens with zero attached hydrogens (tertiary/aromatic N) is 1. The Kier molecular flexibility index (Phi) is 4.02. The molecule has 0 aliphatic carbocycles. The van der Waals surface area contributed by atoms with Crippen molar-refractivity contribution in [1.29, 1.82) is 0 Å². The van der Waals surface area contributed by atoms with Crippen LogP contribution >= 0.6 is 0 Å². The zero-order valence-corrected chi connectivity index (χ0v) is 12.3. The molecule has 2 unspecified atom stereocenters. The highest BCUT2D eigenvalue weighted by molar-refractivity contribution is 7.89. The zero-order valence-electron chi connectivity index (χ0n) is 11.4. The molecule has 1 aromatic rings. The maximum atomic E-state index is 13.8. The van der Waals surface area contributed by atoms with Gasteiger partial charge in [0.1, 0.15) is 16.5 Å². The molecule has 2 N–H and O–H groups in total. The SMILES string of the molecule is CC1CCCN(S(=O)(=O)c2cc(N)c(F)cc2F)C1C. The third kappa shape index (κ3) is 2.52. The van der Waals surface area contributed by atoms with E-state index in [0.29, 0.717) is 12.6 Å². The Morgan fingerprint density at radius 3 is 2.55 bits per heavy atom. The Morgan fingerprint density at radius 2 is 1.90 bits per heavy atom. The van der Waals surface area contributed by atoms with Gasteiger partial charge in [-0.25, -0.2) is 17.2 Å². The first kappa shape index (κ1) is 15.2. The smallest absolute Gasteiger partial charge is 0.246 e. The number of hydrogen-bond acceptors (Lipinski definition) is 3. The Morgan fingerprint density at radius 1 is 1.25 bits per heavy atom. The summed E-state index contributed by atoms with van der Waals surface area (Å²) >= 11 is 0. The molecule has 0 spiro atoms. The van der Waals surface area contributed by atoms with Gasteiger partial charge in [0.15, 0.2) is 0 Å². The van der Waals surface area contributed by atoms with Gasteiger partial charge < -0.3 is 5.73 Å². The van der Waals surface area contributed by atoms with E-state index in [1.54, 1.807) is 6.92 Å². The van der Waals surface area contributed by atoms with Crippen molar-refractivity contribution in [3.63, 3.8) is 0 Å². The molecule has 7 heteroatoms. The van der Waals surface area contributed by atoms with Gasteiger partial charge in [-0.1, -0.05) is 6.92 Å². The van der Waals surface area contributed by atoms with Gasteiger partial charge in [0.2, 0.25) is 10.0 Å². The van der Waals surface area contributed by atoms with Crippen LogP contribution in [0.3, 0.4) is 0 Å². The standard InChI is InChI=1S/C13H18F2N2O2S/c1-8-4-3-5-17(9(8)2)20(18,19)13-7-12(16)10(14)6-11(13)15/h6-9H,3-5,16H2,1-2H3. The van der Waals surface area contributed by atoms with Crippen LogP contribution in [0.1, 0.15) is 26.7 Å². The fourth-order valence-corrected chi connectivity index (χ4v) is 4.35. The van der Waals surface area contributed by atoms with E-state index in [-0.39, 0.29) is 17.6 Å². The summed E-state index contributed by atoms with van der Waals surface area (Å²) in [6.07, 6.45) is 1.66. The fraction of sp³-hybridized carbons (Fsp3) is 0.538.